The molecule has 0 saturated heterocycles. The number of hydrogen-bond acceptors (Lipinski definition) is 2. The molecule has 0 aliphatic rings. The summed E-state index contributed by atoms with van der Waals surface area (Å²) in [6, 6.07) is 9.28. The number of hydrogen-bond donors (Lipinski definition) is 1. The minimum Gasteiger partial charge on any atom is -0.348 e. The van der Waals surface area contributed by atoms with Gasteiger partial charge in [-0.1, -0.05) is 18.2 Å². The first kappa shape index (κ1) is 11.4. The van der Waals surface area contributed by atoms with Gasteiger partial charge in [0.15, 0.2) is 0 Å². The van der Waals surface area contributed by atoms with Crippen molar-refractivity contribution in [3.05, 3.63) is 54.6 Å². The number of rotatable bonds is 4. The van der Waals surface area contributed by atoms with Gasteiger partial charge >= 0.3 is 0 Å². The Labute approximate surface area is 100 Å². The molecule has 17 heavy (non-hydrogen) atoms. The summed E-state index contributed by atoms with van der Waals surface area (Å²) < 4.78 is 1.94. The van der Waals surface area contributed by atoms with Gasteiger partial charge in [0.05, 0.1) is 6.33 Å². The minimum atomic E-state index is -0.0433. The summed E-state index contributed by atoms with van der Waals surface area (Å²) in [5.41, 5.74) is 0.685. The quantitative estimate of drug-likeness (QED) is 0.867. The van der Waals surface area contributed by atoms with Crippen molar-refractivity contribution >= 4 is 5.91 Å². The van der Waals surface area contributed by atoms with Crippen LogP contribution in [0.2, 0.25) is 0 Å². The Hall–Kier alpha value is -2.10. The fourth-order valence-electron chi connectivity index (χ4n) is 1.65. The monoisotopic (exact) mass is 229 g/mol. The smallest absolute Gasteiger partial charge is 0.251 e. The first-order valence-electron chi connectivity index (χ1n) is 5.57. The predicted molar refractivity (Wildman–Crippen MR) is 65.6 cm³/mol. The number of nitrogens with zero attached hydrogens (tertiary/aromatic N) is 2. The molecule has 2 rings (SSSR count). The molecule has 1 N–H and O–H groups in total. The molecule has 0 spiro atoms. The maximum atomic E-state index is 11.8. The van der Waals surface area contributed by atoms with Gasteiger partial charge in [0, 0.05) is 30.5 Å². The zero-order valence-corrected chi connectivity index (χ0v) is 9.71. The van der Waals surface area contributed by atoms with Gasteiger partial charge in [-0.2, -0.15) is 0 Å². The fourth-order valence-corrected chi connectivity index (χ4v) is 1.65. The van der Waals surface area contributed by atoms with E-state index in [1.54, 1.807) is 24.7 Å². The lowest BCUT2D eigenvalue weighted by Crippen LogP contribution is -2.35. The molecule has 0 aliphatic carbocycles. The highest BCUT2D eigenvalue weighted by Crippen LogP contribution is 1.99. The average molecular weight is 229 g/mol. The van der Waals surface area contributed by atoms with E-state index in [-0.39, 0.29) is 11.9 Å². The summed E-state index contributed by atoms with van der Waals surface area (Å²) in [4.78, 5) is 15.8. The van der Waals surface area contributed by atoms with Crippen LogP contribution in [0.3, 0.4) is 0 Å². The van der Waals surface area contributed by atoms with Gasteiger partial charge in [-0.05, 0) is 19.1 Å². The number of nitrogens with one attached hydrogen (secondary N) is 1. The third-order valence-electron chi connectivity index (χ3n) is 2.46. The fraction of sp³-hybridized carbons (Fsp3) is 0.231. The number of benzene rings is 1. The Kier molecular flexibility index (Phi) is 3.55. The van der Waals surface area contributed by atoms with Crippen LogP contribution in [0.15, 0.2) is 49.1 Å². The van der Waals surface area contributed by atoms with Crippen LogP contribution in [-0.2, 0) is 6.54 Å². The van der Waals surface area contributed by atoms with E-state index < -0.39 is 0 Å². The van der Waals surface area contributed by atoms with Gasteiger partial charge in [0.1, 0.15) is 0 Å². The first-order valence-corrected chi connectivity index (χ1v) is 5.57. The molecule has 0 unspecified atom stereocenters. The first-order chi connectivity index (χ1) is 8.25. The highest BCUT2D eigenvalue weighted by Gasteiger charge is 2.09. The van der Waals surface area contributed by atoms with E-state index in [2.05, 4.69) is 10.3 Å². The molecule has 0 aliphatic heterocycles. The van der Waals surface area contributed by atoms with E-state index in [1.165, 1.54) is 0 Å². The lowest BCUT2D eigenvalue weighted by Gasteiger charge is -2.14. The summed E-state index contributed by atoms with van der Waals surface area (Å²) in [6.45, 7) is 2.69. The van der Waals surface area contributed by atoms with E-state index in [0.29, 0.717) is 5.56 Å². The van der Waals surface area contributed by atoms with Gasteiger partial charge in [-0.3, -0.25) is 4.79 Å². The van der Waals surface area contributed by atoms with Crippen LogP contribution in [0.4, 0.5) is 0 Å². The second-order valence-electron chi connectivity index (χ2n) is 4.00. The van der Waals surface area contributed by atoms with Crippen molar-refractivity contribution in [1.82, 2.24) is 14.9 Å². The van der Waals surface area contributed by atoms with Crippen LogP contribution in [0.25, 0.3) is 0 Å². The van der Waals surface area contributed by atoms with Gasteiger partial charge < -0.3 is 9.88 Å². The topological polar surface area (TPSA) is 46.9 Å². The van der Waals surface area contributed by atoms with Crippen molar-refractivity contribution in [1.29, 1.82) is 0 Å². The molecule has 1 amide bonds. The lowest BCUT2D eigenvalue weighted by molar-refractivity contribution is 0.0936. The zero-order valence-electron chi connectivity index (χ0n) is 9.71. The summed E-state index contributed by atoms with van der Waals surface area (Å²) in [6.07, 6.45) is 5.35. The summed E-state index contributed by atoms with van der Waals surface area (Å²) in [5.74, 6) is -0.0433. The molecule has 2 aromatic rings. The highest BCUT2D eigenvalue weighted by molar-refractivity contribution is 5.94. The predicted octanol–water partition coefficient (Wildman–Crippen LogP) is 1.70. The Balaban J connectivity index is 1.91. The summed E-state index contributed by atoms with van der Waals surface area (Å²) in [7, 11) is 0. The average Bonchev–Trinajstić information content (AvgIpc) is 2.82. The third kappa shape index (κ3) is 3.17. The van der Waals surface area contributed by atoms with Crippen LogP contribution in [0.5, 0.6) is 0 Å². The van der Waals surface area contributed by atoms with Crippen LogP contribution in [-0.4, -0.2) is 21.5 Å². The van der Waals surface area contributed by atoms with E-state index in [9.17, 15) is 4.79 Å². The molecule has 1 aromatic carbocycles. The molecule has 4 nitrogen and oxygen atoms in total. The van der Waals surface area contributed by atoms with Crippen molar-refractivity contribution in [3.63, 3.8) is 0 Å². The van der Waals surface area contributed by atoms with Gasteiger partial charge in [0.25, 0.3) is 5.91 Å². The van der Waals surface area contributed by atoms with E-state index >= 15 is 0 Å². The Morgan fingerprint density at radius 3 is 2.82 bits per heavy atom. The summed E-state index contributed by atoms with van der Waals surface area (Å²) >= 11 is 0. The second-order valence-corrected chi connectivity index (χ2v) is 4.00. The van der Waals surface area contributed by atoms with Crippen molar-refractivity contribution < 1.29 is 4.79 Å². The van der Waals surface area contributed by atoms with Crippen LogP contribution >= 0.6 is 0 Å². The molecule has 88 valence electrons. The van der Waals surface area contributed by atoms with Gasteiger partial charge in [-0.25, -0.2) is 4.98 Å². The molecule has 4 heteroatoms. The van der Waals surface area contributed by atoms with E-state index in [0.717, 1.165) is 6.54 Å². The molecule has 1 aromatic heterocycles. The SMILES string of the molecule is C[C@H](Cn1ccnc1)NC(=O)c1ccccc1. The number of amides is 1. The molecule has 1 heterocycles. The number of carbonyl (C=O) groups excluding carboxylic acids is 1. The standard InChI is InChI=1S/C13H15N3O/c1-11(9-16-8-7-14-10-16)15-13(17)12-5-3-2-4-6-12/h2-8,10-11H,9H2,1H3,(H,15,17)/t11-/m1/s1. The molecule has 0 saturated carbocycles. The number of aromatic nitrogens is 2. The molecule has 0 fully saturated rings. The number of imidazole rings is 1. The number of carbonyl (C=O) groups is 1. The summed E-state index contributed by atoms with van der Waals surface area (Å²) in [5, 5.41) is 2.95. The largest absolute Gasteiger partial charge is 0.348 e. The van der Waals surface area contributed by atoms with Crippen molar-refractivity contribution in [3.8, 4) is 0 Å². The van der Waals surface area contributed by atoms with Crippen molar-refractivity contribution in [2.75, 3.05) is 0 Å². The molecular formula is C13H15N3O. The van der Waals surface area contributed by atoms with Crippen LogP contribution in [0, 0.1) is 0 Å². The maximum Gasteiger partial charge on any atom is 0.251 e. The van der Waals surface area contributed by atoms with Crippen molar-refractivity contribution in [2.24, 2.45) is 0 Å². The van der Waals surface area contributed by atoms with Crippen molar-refractivity contribution in [2.45, 2.75) is 19.5 Å². The molecular weight excluding hydrogens is 214 g/mol. The molecule has 1 atom stereocenters. The Morgan fingerprint density at radius 1 is 1.41 bits per heavy atom. The van der Waals surface area contributed by atoms with Crippen LogP contribution < -0.4 is 5.32 Å². The minimum absolute atomic E-state index is 0.0433. The molecule has 0 radical (unpaired) electrons. The van der Waals surface area contributed by atoms with E-state index in [1.807, 2.05) is 35.9 Å². The van der Waals surface area contributed by atoms with Crippen LogP contribution in [0.1, 0.15) is 17.3 Å². The highest BCUT2D eigenvalue weighted by atomic mass is 16.1. The van der Waals surface area contributed by atoms with Gasteiger partial charge in [0.2, 0.25) is 0 Å². The maximum absolute atomic E-state index is 11.8. The Morgan fingerprint density at radius 2 is 2.18 bits per heavy atom. The molecule has 0 bridgehead atoms. The second kappa shape index (κ2) is 5.30. The van der Waals surface area contributed by atoms with E-state index in [4.69, 9.17) is 0 Å². The van der Waals surface area contributed by atoms with Gasteiger partial charge in [-0.15, -0.1) is 0 Å². The zero-order chi connectivity index (χ0) is 12.1. The lowest BCUT2D eigenvalue weighted by atomic mass is 10.2. The Bertz CT molecular complexity index is 465. The third-order valence-corrected chi connectivity index (χ3v) is 2.46. The normalized spacial score (nSPS) is 12.1.